The van der Waals surface area contributed by atoms with Crippen LogP contribution in [0.5, 0.6) is 0 Å². The topological polar surface area (TPSA) is 0 Å². The van der Waals surface area contributed by atoms with E-state index in [0.717, 1.165) is 24.3 Å². The number of aryl methyl sites for hydroxylation is 1. The van der Waals surface area contributed by atoms with Gasteiger partial charge >= 0.3 is 0 Å². The molecule has 1 heteroatoms. The van der Waals surface area contributed by atoms with Crippen molar-refractivity contribution in [3.8, 4) is 0 Å². The smallest absolute Gasteiger partial charge is 0.123 e. The summed E-state index contributed by atoms with van der Waals surface area (Å²) < 4.78 is 12.8. The standard InChI is InChI=1S/C12H17F/c1-10(2)5-3-6-11-7-4-8-12(13)9-11/h4,7-10H,3,5-6H2,1-2H3. The zero-order valence-corrected chi connectivity index (χ0v) is 8.39. The Kier molecular flexibility index (Phi) is 3.94. The van der Waals surface area contributed by atoms with Crippen molar-refractivity contribution in [3.05, 3.63) is 35.6 Å². The fraction of sp³-hybridized carbons (Fsp3) is 0.500. The first-order chi connectivity index (χ1) is 6.18. The monoisotopic (exact) mass is 180 g/mol. The van der Waals surface area contributed by atoms with E-state index in [1.54, 1.807) is 12.1 Å². The maximum absolute atomic E-state index is 12.8. The van der Waals surface area contributed by atoms with Crippen LogP contribution < -0.4 is 0 Å². The Morgan fingerprint density at radius 3 is 2.69 bits per heavy atom. The fourth-order valence-electron chi connectivity index (χ4n) is 1.41. The first-order valence-electron chi connectivity index (χ1n) is 4.93. The van der Waals surface area contributed by atoms with Crippen molar-refractivity contribution in [1.29, 1.82) is 0 Å². The molecule has 72 valence electrons. The van der Waals surface area contributed by atoms with E-state index in [4.69, 9.17) is 0 Å². The average molecular weight is 180 g/mol. The molecule has 0 aliphatic rings. The van der Waals surface area contributed by atoms with Gasteiger partial charge in [0.25, 0.3) is 0 Å². The number of halogens is 1. The van der Waals surface area contributed by atoms with E-state index in [2.05, 4.69) is 13.8 Å². The predicted molar refractivity (Wildman–Crippen MR) is 54.2 cm³/mol. The van der Waals surface area contributed by atoms with E-state index in [-0.39, 0.29) is 5.82 Å². The van der Waals surface area contributed by atoms with Gasteiger partial charge in [-0.3, -0.25) is 0 Å². The lowest BCUT2D eigenvalue weighted by Crippen LogP contribution is -1.91. The maximum atomic E-state index is 12.8. The molecule has 0 bridgehead atoms. The lowest BCUT2D eigenvalue weighted by atomic mass is 10.0. The second-order valence-electron chi connectivity index (χ2n) is 3.92. The minimum absolute atomic E-state index is 0.123. The van der Waals surface area contributed by atoms with Crippen LogP contribution in [0.25, 0.3) is 0 Å². The van der Waals surface area contributed by atoms with Gasteiger partial charge in [0, 0.05) is 0 Å². The minimum atomic E-state index is -0.123. The number of rotatable bonds is 4. The van der Waals surface area contributed by atoms with Crippen molar-refractivity contribution in [2.24, 2.45) is 5.92 Å². The molecule has 0 radical (unpaired) electrons. The summed E-state index contributed by atoms with van der Waals surface area (Å²) in [6.07, 6.45) is 3.37. The van der Waals surface area contributed by atoms with Crippen molar-refractivity contribution < 1.29 is 4.39 Å². The first kappa shape index (κ1) is 10.2. The van der Waals surface area contributed by atoms with Gasteiger partial charge in [0.1, 0.15) is 5.82 Å². The molecule has 0 atom stereocenters. The highest BCUT2D eigenvalue weighted by atomic mass is 19.1. The third kappa shape index (κ3) is 4.07. The Morgan fingerprint density at radius 2 is 2.08 bits per heavy atom. The SMILES string of the molecule is CC(C)CCCc1cccc(F)c1. The molecule has 1 aromatic carbocycles. The molecule has 0 saturated carbocycles. The van der Waals surface area contributed by atoms with Gasteiger partial charge in [0.15, 0.2) is 0 Å². The highest BCUT2D eigenvalue weighted by Crippen LogP contribution is 2.10. The maximum Gasteiger partial charge on any atom is 0.123 e. The van der Waals surface area contributed by atoms with Crippen molar-refractivity contribution in [3.63, 3.8) is 0 Å². The molecule has 0 nitrogen and oxygen atoms in total. The van der Waals surface area contributed by atoms with E-state index in [1.165, 1.54) is 12.5 Å². The molecule has 1 aromatic rings. The fourth-order valence-corrected chi connectivity index (χ4v) is 1.41. The molecule has 0 aliphatic heterocycles. The second kappa shape index (κ2) is 5.00. The Bertz CT molecular complexity index is 253. The molecule has 1 rings (SSSR count). The predicted octanol–water partition coefficient (Wildman–Crippen LogP) is 3.80. The Hall–Kier alpha value is -0.850. The third-order valence-electron chi connectivity index (χ3n) is 2.14. The summed E-state index contributed by atoms with van der Waals surface area (Å²) in [5.74, 6) is 0.621. The van der Waals surface area contributed by atoms with Crippen molar-refractivity contribution in [2.75, 3.05) is 0 Å². The van der Waals surface area contributed by atoms with Gasteiger partial charge in [-0.1, -0.05) is 32.4 Å². The number of hydrogen-bond acceptors (Lipinski definition) is 0. The summed E-state index contributed by atoms with van der Waals surface area (Å²) in [6.45, 7) is 4.43. The Labute approximate surface area is 79.8 Å². The zero-order valence-electron chi connectivity index (χ0n) is 8.39. The Balaban J connectivity index is 2.37. The molecular formula is C12H17F. The van der Waals surface area contributed by atoms with Crippen molar-refractivity contribution in [2.45, 2.75) is 33.1 Å². The van der Waals surface area contributed by atoms with Gasteiger partial charge in [0.2, 0.25) is 0 Å². The van der Waals surface area contributed by atoms with E-state index < -0.39 is 0 Å². The van der Waals surface area contributed by atoms with E-state index in [9.17, 15) is 4.39 Å². The molecule has 0 heterocycles. The van der Waals surface area contributed by atoms with E-state index >= 15 is 0 Å². The molecule has 0 unspecified atom stereocenters. The molecule has 0 N–H and O–H groups in total. The Morgan fingerprint density at radius 1 is 1.31 bits per heavy atom. The van der Waals surface area contributed by atoms with Crippen LogP contribution in [-0.2, 0) is 6.42 Å². The van der Waals surface area contributed by atoms with Gasteiger partial charge in [-0.2, -0.15) is 0 Å². The van der Waals surface area contributed by atoms with Crippen LogP contribution in [0.4, 0.5) is 4.39 Å². The summed E-state index contributed by atoms with van der Waals surface area (Å²) in [4.78, 5) is 0. The summed E-state index contributed by atoms with van der Waals surface area (Å²) in [5.41, 5.74) is 1.11. The van der Waals surface area contributed by atoms with Gasteiger partial charge in [-0.15, -0.1) is 0 Å². The quantitative estimate of drug-likeness (QED) is 0.661. The second-order valence-corrected chi connectivity index (χ2v) is 3.92. The number of hydrogen-bond donors (Lipinski definition) is 0. The summed E-state index contributed by atoms with van der Waals surface area (Å²) in [7, 11) is 0. The first-order valence-corrected chi connectivity index (χ1v) is 4.93. The minimum Gasteiger partial charge on any atom is -0.207 e. The third-order valence-corrected chi connectivity index (χ3v) is 2.14. The zero-order chi connectivity index (χ0) is 9.68. The van der Waals surface area contributed by atoms with Crippen LogP contribution in [0.3, 0.4) is 0 Å². The molecule has 0 saturated heterocycles. The van der Waals surface area contributed by atoms with Crippen LogP contribution in [0.15, 0.2) is 24.3 Å². The van der Waals surface area contributed by atoms with Crippen LogP contribution in [0, 0.1) is 11.7 Å². The van der Waals surface area contributed by atoms with Gasteiger partial charge in [-0.25, -0.2) is 4.39 Å². The van der Waals surface area contributed by atoms with Crippen molar-refractivity contribution >= 4 is 0 Å². The summed E-state index contributed by atoms with van der Waals surface area (Å²) >= 11 is 0. The normalized spacial score (nSPS) is 10.8. The van der Waals surface area contributed by atoms with Gasteiger partial charge in [0.05, 0.1) is 0 Å². The number of benzene rings is 1. The molecule has 0 amide bonds. The summed E-state index contributed by atoms with van der Waals surface area (Å²) in [5, 5.41) is 0. The average Bonchev–Trinajstić information content (AvgIpc) is 2.03. The molecule has 13 heavy (non-hydrogen) atoms. The van der Waals surface area contributed by atoms with Gasteiger partial charge in [-0.05, 0) is 36.5 Å². The van der Waals surface area contributed by atoms with Gasteiger partial charge < -0.3 is 0 Å². The van der Waals surface area contributed by atoms with Crippen LogP contribution in [0.2, 0.25) is 0 Å². The molecule has 0 spiro atoms. The largest absolute Gasteiger partial charge is 0.207 e. The van der Waals surface area contributed by atoms with Crippen molar-refractivity contribution in [1.82, 2.24) is 0 Å². The van der Waals surface area contributed by atoms with E-state index in [0.29, 0.717) is 0 Å². The lowest BCUT2D eigenvalue weighted by Gasteiger charge is -2.04. The van der Waals surface area contributed by atoms with Crippen LogP contribution in [0.1, 0.15) is 32.3 Å². The highest BCUT2D eigenvalue weighted by Gasteiger charge is 1.97. The molecule has 0 aliphatic carbocycles. The molecule has 0 aromatic heterocycles. The van der Waals surface area contributed by atoms with Crippen LogP contribution >= 0.6 is 0 Å². The van der Waals surface area contributed by atoms with Crippen LogP contribution in [-0.4, -0.2) is 0 Å². The highest BCUT2D eigenvalue weighted by molar-refractivity contribution is 5.16. The molecule has 0 fully saturated rings. The van der Waals surface area contributed by atoms with E-state index in [1.807, 2.05) is 6.07 Å². The molecular weight excluding hydrogens is 163 g/mol. The lowest BCUT2D eigenvalue weighted by molar-refractivity contribution is 0.554. The summed E-state index contributed by atoms with van der Waals surface area (Å²) in [6, 6.07) is 6.88.